The standard InChI is InChI=1S/C16H21N5O/c22-16(18-10-13-3-1-6-17-9-13)12-21-8-2-4-14(11-21)15-5-7-19-20-15/h1,3,5-7,9,14H,2,4,8,10-12H2,(H,18,22)(H,19,20)/t14-/m0/s1. The number of rotatable bonds is 5. The van der Waals surface area contributed by atoms with Crippen LogP contribution >= 0.6 is 0 Å². The number of amides is 1. The summed E-state index contributed by atoms with van der Waals surface area (Å²) in [6.07, 6.45) is 7.55. The Balaban J connectivity index is 1.47. The minimum absolute atomic E-state index is 0.0640. The lowest BCUT2D eigenvalue weighted by Crippen LogP contribution is -2.41. The number of nitrogens with zero attached hydrogens (tertiary/aromatic N) is 3. The third kappa shape index (κ3) is 3.92. The number of carbonyl (C=O) groups is 1. The quantitative estimate of drug-likeness (QED) is 0.873. The van der Waals surface area contributed by atoms with Crippen LogP contribution in [0.4, 0.5) is 0 Å². The Morgan fingerprint density at radius 1 is 1.41 bits per heavy atom. The van der Waals surface area contributed by atoms with Gasteiger partial charge < -0.3 is 5.32 Å². The van der Waals surface area contributed by atoms with Crippen molar-refractivity contribution in [1.29, 1.82) is 0 Å². The molecule has 1 amide bonds. The molecule has 116 valence electrons. The summed E-state index contributed by atoms with van der Waals surface area (Å²) in [6.45, 7) is 2.86. The molecule has 0 unspecified atom stereocenters. The molecule has 2 aromatic heterocycles. The van der Waals surface area contributed by atoms with Crippen molar-refractivity contribution in [2.24, 2.45) is 0 Å². The van der Waals surface area contributed by atoms with Crippen molar-refractivity contribution in [1.82, 2.24) is 25.4 Å². The molecule has 6 nitrogen and oxygen atoms in total. The summed E-state index contributed by atoms with van der Waals surface area (Å²) < 4.78 is 0. The number of likely N-dealkylation sites (tertiary alicyclic amines) is 1. The molecular weight excluding hydrogens is 278 g/mol. The van der Waals surface area contributed by atoms with E-state index in [0.717, 1.165) is 31.5 Å². The van der Waals surface area contributed by atoms with Gasteiger partial charge >= 0.3 is 0 Å². The van der Waals surface area contributed by atoms with E-state index in [2.05, 4.69) is 25.4 Å². The highest BCUT2D eigenvalue weighted by atomic mass is 16.2. The molecule has 1 fully saturated rings. The monoisotopic (exact) mass is 299 g/mol. The predicted molar refractivity (Wildman–Crippen MR) is 83.1 cm³/mol. The highest BCUT2D eigenvalue weighted by molar-refractivity contribution is 5.78. The van der Waals surface area contributed by atoms with Crippen LogP contribution < -0.4 is 5.32 Å². The molecule has 1 aliphatic heterocycles. The summed E-state index contributed by atoms with van der Waals surface area (Å²) >= 11 is 0. The van der Waals surface area contributed by atoms with Crippen LogP contribution in [0.15, 0.2) is 36.8 Å². The Bertz CT molecular complexity index is 584. The number of piperidine rings is 1. The van der Waals surface area contributed by atoms with E-state index in [9.17, 15) is 4.79 Å². The van der Waals surface area contributed by atoms with Gasteiger partial charge in [0.15, 0.2) is 0 Å². The maximum absolute atomic E-state index is 12.1. The van der Waals surface area contributed by atoms with Crippen molar-refractivity contribution in [2.75, 3.05) is 19.6 Å². The van der Waals surface area contributed by atoms with Crippen LogP contribution in [-0.2, 0) is 11.3 Å². The van der Waals surface area contributed by atoms with Crippen LogP contribution in [0.25, 0.3) is 0 Å². The van der Waals surface area contributed by atoms with Crippen LogP contribution in [0.1, 0.15) is 30.0 Å². The van der Waals surface area contributed by atoms with Gasteiger partial charge in [0, 0.05) is 43.3 Å². The smallest absolute Gasteiger partial charge is 0.234 e. The van der Waals surface area contributed by atoms with Crippen molar-refractivity contribution in [3.63, 3.8) is 0 Å². The molecule has 0 bridgehead atoms. The zero-order valence-corrected chi connectivity index (χ0v) is 12.5. The van der Waals surface area contributed by atoms with Gasteiger partial charge in [0.25, 0.3) is 0 Å². The highest BCUT2D eigenvalue weighted by Gasteiger charge is 2.23. The van der Waals surface area contributed by atoms with Gasteiger partial charge in [-0.15, -0.1) is 0 Å². The molecule has 2 aromatic rings. The van der Waals surface area contributed by atoms with Crippen LogP contribution in [0.5, 0.6) is 0 Å². The highest BCUT2D eigenvalue weighted by Crippen LogP contribution is 2.24. The van der Waals surface area contributed by atoms with Gasteiger partial charge in [-0.25, -0.2) is 0 Å². The number of hydrogen-bond acceptors (Lipinski definition) is 4. The van der Waals surface area contributed by atoms with E-state index in [1.54, 1.807) is 18.6 Å². The van der Waals surface area contributed by atoms with Gasteiger partial charge in [-0.1, -0.05) is 6.07 Å². The zero-order chi connectivity index (χ0) is 15.2. The summed E-state index contributed by atoms with van der Waals surface area (Å²) in [4.78, 5) is 18.3. The van der Waals surface area contributed by atoms with Crippen LogP contribution in [0, 0.1) is 0 Å². The van der Waals surface area contributed by atoms with E-state index >= 15 is 0 Å². The number of aromatic amines is 1. The molecule has 1 saturated heterocycles. The summed E-state index contributed by atoms with van der Waals surface area (Å²) in [7, 11) is 0. The summed E-state index contributed by atoms with van der Waals surface area (Å²) in [5.74, 6) is 0.511. The second-order valence-corrected chi connectivity index (χ2v) is 5.72. The normalized spacial score (nSPS) is 19.0. The van der Waals surface area contributed by atoms with Gasteiger partial charge in [-0.2, -0.15) is 5.10 Å². The van der Waals surface area contributed by atoms with Crippen molar-refractivity contribution >= 4 is 5.91 Å². The SMILES string of the molecule is O=C(CN1CCC[C@H](c2ccn[nH]2)C1)NCc1cccnc1. The fraction of sp³-hybridized carbons (Fsp3) is 0.438. The summed E-state index contributed by atoms with van der Waals surface area (Å²) in [5, 5.41) is 10.0. The van der Waals surface area contributed by atoms with E-state index in [1.165, 1.54) is 5.69 Å². The van der Waals surface area contributed by atoms with E-state index in [-0.39, 0.29) is 5.91 Å². The topological polar surface area (TPSA) is 73.9 Å². The van der Waals surface area contributed by atoms with Gasteiger partial charge in [0.05, 0.1) is 6.54 Å². The first-order chi connectivity index (χ1) is 10.8. The first-order valence-corrected chi connectivity index (χ1v) is 7.68. The minimum Gasteiger partial charge on any atom is -0.351 e. The van der Waals surface area contributed by atoms with Crippen molar-refractivity contribution in [3.05, 3.63) is 48.0 Å². The lowest BCUT2D eigenvalue weighted by Gasteiger charge is -2.31. The maximum Gasteiger partial charge on any atom is 0.234 e. The Morgan fingerprint density at radius 2 is 2.36 bits per heavy atom. The Labute approximate surface area is 129 Å². The number of nitrogens with one attached hydrogen (secondary N) is 2. The van der Waals surface area contributed by atoms with Crippen LogP contribution in [-0.4, -0.2) is 45.6 Å². The summed E-state index contributed by atoms with van der Waals surface area (Å²) in [6, 6.07) is 5.86. The van der Waals surface area contributed by atoms with Gasteiger partial charge in [-0.05, 0) is 37.1 Å². The second kappa shape index (κ2) is 7.17. The molecule has 0 radical (unpaired) electrons. The molecule has 0 saturated carbocycles. The number of hydrogen-bond donors (Lipinski definition) is 2. The molecule has 0 spiro atoms. The predicted octanol–water partition coefficient (Wildman–Crippen LogP) is 1.30. The fourth-order valence-corrected chi connectivity index (χ4v) is 2.91. The third-order valence-corrected chi connectivity index (χ3v) is 4.05. The number of H-pyrrole nitrogens is 1. The number of carbonyl (C=O) groups excluding carboxylic acids is 1. The lowest BCUT2D eigenvalue weighted by atomic mass is 9.95. The van der Waals surface area contributed by atoms with Crippen molar-refractivity contribution in [2.45, 2.75) is 25.3 Å². The second-order valence-electron chi connectivity index (χ2n) is 5.72. The maximum atomic E-state index is 12.1. The Hall–Kier alpha value is -2.21. The molecule has 22 heavy (non-hydrogen) atoms. The molecule has 1 aliphatic rings. The molecular formula is C16H21N5O. The Kier molecular flexibility index (Phi) is 4.80. The van der Waals surface area contributed by atoms with E-state index < -0.39 is 0 Å². The first-order valence-electron chi connectivity index (χ1n) is 7.68. The van der Waals surface area contributed by atoms with E-state index in [0.29, 0.717) is 19.0 Å². The molecule has 1 atom stereocenters. The average Bonchev–Trinajstić information content (AvgIpc) is 3.09. The fourth-order valence-electron chi connectivity index (χ4n) is 2.91. The van der Waals surface area contributed by atoms with Gasteiger partial charge in [0.2, 0.25) is 5.91 Å². The molecule has 3 rings (SSSR count). The van der Waals surface area contributed by atoms with E-state index in [4.69, 9.17) is 0 Å². The van der Waals surface area contributed by atoms with Crippen molar-refractivity contribution in [3.8, 4) is 0 Å². The number of aromatic nitrogens is 3. The van der Waals surface area contributed by atoms with Crippen molar-refractivity contribution < 1.29 is 4.79 Å². The third-order valence-electron chi connectivity index (χ3n) is 4.05. The lowest BCUT2D eigenvalue weighted by molar-refractivity contribution is -0.122. The van der Waals surface area contributed by atoms with E-state index in [1.807, 2.05) is 18.2 Å². The van der Waals surface area contributed by atoms with Gasteiger partial charge in [0.1, 0.15) is 0 Å². The number of pyridine rings is 1. The zero-order valence-electron chi connectivity index (χ0n) is 12.5. The molecule has 0 aliphatic carbocycles. The van der Waals surface area contributed by atoms with Crippen LogP contribution in [0.3, 0.4) is 0 Å². The largest absolute Gasteiger partial charge is 0.351 e. The average molecular weight is 299 g/mol. The first kappa shape index (κ1) is 14.7. The molecule has 0 aromatic carbocycles. The molecule has 6 heteroatoms. The van der Waals surface area contributed by atoms with Gasteiger partial charge in [-0.3, -0.25) is 19.8 Å². The summed E-state index contributed by atoms with van der Waals surface area (Å²) in [5.41, 5.74) is 2.19. The molecule has 2 N–H and O–H groups in total. The van der Waals surface area contributed by atoms with Crippen LogP contribution in [0.2, 0.25) is 0 Å². The Morgan fingerprint density at radius 3 is 3.14 bits per heavy atom. The molecule has 3 heterocycles. The minimum atomic E-state index is 0.0640.